The molecule has 0 spiro atoms. The SMILES string of the molecule is O=C1S/C(=C/c2ccc[nH]2)C(=O)N1Cc1ccc(I)cc1. The van der Waals surface area contributed by atoms with E-state index in [1.807, 2.05) is 36.4 Å². The predicted octanol–water partition coefficient (Wildman–Crippen LogP) is 3.86. The predicted molar refractivity (Wildman–Crippen MR) is 91.5 cm³/mol. The minimum Gasteiger partial charge on any atom is -0.362 e. The van der Waals surface area contributed by atoms with Crippen molar-refractivity contribution in [1.29, 1.82) is 0 Å². The Morgan fingerprint density at radius 1 is 1.19 bits per heavy atom. The van der Waals surface area contributed by atoms with Gasteiger partial charge in [-0.05, 0) is 70.3 Å². The van der Waals surface area contributed by atoms with Gasteiger partial charge >= 0.3 is 0 Å². The number of H-pyrrole nitrogens is 1. The molecule has 0 atom stereocenters. The van der Waals surface area contributed by atoms with Crippen molar-refractivity contribution in [3.05, 3.63) is 62.3 Å². The summed E-state index contributed by atoms with van der Waals surface area (Å²) < 4.78 is 1.12. The smallest absolute Gasteiger partial charge is 0.293 e. The van der Waals surface area contributed by atoms with Crippen LogP contribution < -0.4 is 0 Å². The molecule has 3 rings (SSSR count). The fraction of sp³-hybridized carbons (Fsp3) is 0.0667. The number of nitrogens with one attached hydrogen (secondary N) is 1. The van der Waals surface area contributed by atoms with E-state index in [1.54, 1.807) is 12.3 Å². The molecule has 0 aliphatic carbocycles. The van der Waals surface area contributed by atoms with E-state index in [-0.39, 0.29) is 11.1 Å². The van der Waals surface area contributed by atoms with Gasteiger partial charge in [0.05, 0.1) is 11.4 Å². The van der Waals surface area contributed by atoms with E-state index >= 15 is 0 Å². The lowest BCUT2D eigenvalue weighted by Gasteiger charge is -2.12. The van der Waals surface area contributed by atoms with Gasteiger partial charge in [0.1, 0.15) is 0 Å². The van der Waals surface area contributed by atoms with E-state index in [2.05, 4.69) is 27.6 Å². The molecule has 1 aliphatic rings. The third-order valence-electron chi connectivity index (χ3n) is 3.04. The number of thioether (sulfide) groups is 1. The largest absolute Gasteiger partial charge is 0.362 e. The van der Waals surface area contributed by atoms with Gasteiger partial charge in [0.2, 0.25) is 0 Å². The highest BCUT2D eigenvalue weighted by Crippen LogP contribution is 2.33. The first-order valence-electron chi connectivity index (χ1n) is 6.27. The quantitative estimate of drug-likeness (QED) is 0.618. The van der Waals surface area contributed by atoms with Gasteiger partial charge in [-0.15, -0.1) is 0 Å². The van der Waals surface area contributed by atoms with Crippen LogP contribution in [0.1, 0.15) is 11.3 Å². The summed E-state index contributed by atoms with van der Waals surface area (Å²) in [5, 5.41) is -0.226. The van der Waals surface area contributed by atoms with E-state index in [9.17, 15) is 9.59 Å². The fourth-order valence-corrected chi connectivity index (χ4v) is 3.17. The molecule has 1 aromatic heterocycles. The van der Waals surface area contributed by atoms with E-state index < -0.39 is 0 Å². The molecule has 0 unspecified atom stereocenters. The summed E-state index contributed by atoms with van der Waals surface area (Å²) in [5.74, 6) is -0.238. The number of carbonyl (C=O) groups is 2. The zero-order chi connectivity index (χ0) is 14.8. The Labute approximate surface area is 139 Å². The van der Waals surface area contributed by atoms with Crippen LogP contribution in [0.2, 0.25) is 0 Å². The van der Waals surface area contributed by atoms with Gasteiger partial charge < -0.3 is 4.98 Å². The number of hydrogen-bond acceptors (Lipinski definition) is 3. The molecule has 21 heavy (non-hydrogen) atoms. The summed E-state index contributed by atoms with van der Waals surface area (Å²) in [6.07, 6.45) is 3.49. The van der Waals surface area contributed by atoms with Crippen LogP contribution >= 0.6 is 34.4 Å². The average Bonchev–Trinajstić information content (AvgIpc) is 3.06. The third-order valence-corrected chi connectivity index (χ3v) is 4.66. The molecule has 106 valence electrons. The lowest BCUT2D eigenvalue weighted by Crippen LogP contribution is -2.27. The van der Waals surface area contributed by atoms with Crippen molar-refractivity contribution in [3.8, 4) is 0 Å². The van der Waals surface area contributed by atoms with Gasteiger partial charge in [-0.25, -0.2) is 0 Å². The molecule has 1 N–H and O–H groups in total. The molecule has 0 radical (unpaired) electrons. The molecule has 1 aromatic carbocycles. The molecule has 2 heterocycles. The highest BCUT2D eigenvalue weighted by molar-refractivity contribution is 14.1. The molecule has 0 bridgehead atoms. The van der Waals surface area contributed by atoms with Crippen molar-refractivity contribution in [1.82, 2.24) is 9.88 Å². The van der Waals surface area contributed by atoms with Crippen LogP contribution in [0.15, 0.2) is 47.5 Å². The minimum atomic E-state index is -0.238. The summed E-state index contributed by atoms with van der Waals surface area (Å²) in [5.41, 5.74) is 1.76. The number of amides is 2. The Balaban J connectivity index is 1.79. The maximum Gasteiger partial charge on any atom is 0.293 e. The average molecular weight is 410 g/mol. The van der Waals surface area contributed by atoms with Crippen molar-refractivity contribution >= 4 is 51.6 Å². The van der Waals surface area contributed by atoms with Crippen molar-refractivity contribution < 1.29 is 9.59 Å². The number of nitrogens with zero attached hydrogens (tertiary/aromatic N) is 1. The van der Waals surface area contributed by atoms with Crippen LogP contribution in [0.5, 0.6) is 0 Å². The van der Waals surface area contributed by atoms with Crippen LogP contribution in [0, 0.1) is 3.57 Å². The molecule has 0 saturated carbocycles. The summed E-state index contributed by atoms with van der Waals surface area (Å²) in [6.45, 7) is 0.309. The Morgan fingerprint density at radius 3 is 2.62 bits per heavy atom. The molecular formula is C15H11IN2O2S. The van der Waals surface area contributed by atoms with Crippen LogP contribution in [0.4, 0.5) is 4.79 Å². The number of imide groups is 1. The van der Waals surface area contributed by atoms with Crippen LogP contribution in [-0.2, 0) is 11.3 Å². The molecule has 2 amide bonds. The number of rotatable bonds is 3. The van der Waals surface area contributed by atoms with E-state index in [0.29, 0.717) is 11.4 Å². The first-order valence-corrected chi connectivity index (χ1v) is 8.16. The summed E-state index contributed by atoms with van der Waals surface area (Å²) >= 11 is 3.20. The van der Waals surface area contributed by atoms with Crippen LogP contribution in [0.3, 0.4) is 0 Å². The van der Waals surface area contributed by atoms with E-state index in [4.69, 9.17) is 0 Å². The van der Waals surface area contributed by atoms with Gasteiger partial charge in [-0.2, -0.15) is 0 Å². The van der Waals surface area contributed by atoms with E-state index in [1.165, 1.54) is 4.90 Å². The fourth-order valence-electron chi connectivity index (χ4n) is 1.98. The number of hydrogen-bond donors (Lipinski definition) is 1. The van der Waals surface area contributed by atoms with Gasteiger partial charge in [0, 0.05) is 15.5 Å². The topological polar surface area (TPSA) is 53.2 Å². The Bertz CT molecular complexity index is 708. The standard InChI is InChI=1S/C15H11IN2O2S/c16-11-5-3-10(4-6-11)9-18-14(19)13(21-15(18)20)8-12-2-1-7-17-12/h1-8,17H,9H2/b13-8+. The maximum absolute atomic E-state index is 12.3. The lowest BCUT2D eigenvalue weighted by molar-refractivity contribution is -0.123. The highest BCUT2D eigenvalue weighted by Gasteiger charge is 2.34. The second kappa shape index (κ2) is 6.07. The second-order valence-electron chi connectivity index (χ2n) is 4.52. The van der Waals surface area contributed by atoms with Crippen molar-refractivity contribution in [2.75, 3.05) is 0 Å². The number of halogens is 1. The number of benzene rings is 1. The van der Waals surface area contributed by atoms with Crippen molar-refractivity contribution in [2.45, 2.75) is 6.54 Å². The number of aromatic amines is 1. The monoisotopic (exact) mass is 410 g/mol. The first kappa shape index (κ1) is 14.4. The Morgan fingerprint density at radius 2 is 1.95 bits per heavy atom. The molecule has 1 saturated heterocycles. The zero-order valence-electron chi connectivity index (χ0n) is 10.9. The Kier molecular flexibility index (Phi) is 4.16. The van der Waals surface area contributed by atoms with Gasteiger partial charge in [-0.3, -0.25) is 14.5 Å². The third kappa shape index (κ3) is 3.21. The Hall–Kier alpha value is -1.54. The normalized spacial score (nSPS) is 17.0. The number of carbonyl (C=O) groups excluding carboxylic acids is 2. The molecule has 4 nitrogen and oxygen atoms in total. The summed E-state index contributed by atoms with van der Waals surface area (Å²) in [4.78, 5) is 29.1. The molecule has 1 fully saturated rings. The van der Waals surface area contributed by atoms with Gasteiger partial charge in [-0.1, -0.05) is 12.1 Å². The maximum atomic E-state index is 12.3. The molecule has 6 heteroatoms. The molecule has 1 aliphatic heterocycles. The minimum absolute atomic E-state index is 0.226. The molecular weight excluding hydrogens is 399 g/mol. The van der Waals surface area contributed by atoms with Crippen molar-refractivity contribution in [2.24, 2.45) is 0 Å². The second-order valence-corrected chi connectivity index (χ2v) is 6.76. The van der Waals surface area contributed by atoms with Crippen LogP contribution in [0.25, 0.3) is 6.08 Å². The summed E-state index contributed by atoms with van der Waals surface area (Å²) in [7, 11) is 0. The summed E-state index contributed by atoms with van der Waals surface area (Å²) in [6, 6.07) is 11.5. The zero-order valence-corrected chi connectivity index (χ0v) is 13.8. The number of aromatic nitrogens is 1. The van der Waals surface area contributed by atoms with Crippen LogP contribution in [-0.4, -0.2) is 21.0 Å². The molecule has 2 aromatic rings. The highest BCUT2D eigenvalue weighted by atomic mass is 127. The lowest BCUT2D eigenvalue weighted by atomic mass is 10.2. The van der Waals surface area contributed by atoms with Crippen molar-refractivity contribution in [3.63, 3.8) is 0 Å². The van der Waals surface area contributed by atoms with Gasteiger partial charge in [0.25, 0.3) is 11.1 Å². The van der Waals surface area contributed by atoms with E-state index in [0.717, 1.165) is 26.6 Å². The van der Waals surface area contributed by atoms with Gasteiger partial charge in [0.15, 0.2) is 0 Å². The first-order chi connectivity index (χ1) is 10.1.